The van der Waals surface area contributed by atoms with Crippen LogP contribution in [0.5, 0.6) is 0 Å². The van der Waals surface area contributed by atoms with Gasteiger partial charge in [-0.25, -0.2) is 9.19 Å². The fourth-order valence-corrected chi connectivity index (χ4v) is 1.50. The highest BCUT2D eigenvalue weighted by Gasteiger charge is 2.18. The first-order chi connectivity index (χ1) is 7.30. The standard InChI is InChI=1S/C10H12BrFN2OS/c1-10(2,3)16(15)13-6-7-4-5-8(11)9(12)14-7/h4-6H,1-3H3. The van der Waals surface area contributed by atoms with Crippen LogP contribution in [0.25, 0.3) is 0 Å². The van der Waals surface area contributed by atoms with E-state index in [0.717, 1.165) is 0 Å². The molecule has 1 heterocycles. The van der Waals surface area contributed by atoms with Gasteiger partial charge in [0.15, 0.2) is 0 Å². The molecule has 0 bridgehead atoms. The molecule has 3 nitrogen and oxygen atoms in total. The third kappa shape index (κ3) is 3.75. The SMILES string of the molecule is CC(C)(C)S(=O)N=Cc1ccc(Br)c(F)n1. The van der Waals surface area contributed by atoms with Crippen LogP contribution in [0, 0.1) is 5.95 Å². The van der Waals surface area contributed by atoms with Crippen LogP contribution in [0.1, 0.15) is 26.5 Å². The minimum atomic E-state index is -1.35. The molecule has 88 valence electrons. The summed E-state index contributed by atoms with van der Waals surface area (Å²) in [6.45, 7) is 5.45. The van der Waals surface area contributed by atoms with Crippen LogP contribution in [0.3, 0.4) is 0 Å². The maximum Gasteiger partial charge on any atom is 0.227 e. The van der Waals surface area contributed by atoms with E-state index in [1.54, 1.807) is 6.07 Å². The minimum Gasteiger partial charge on any atom is -0.234 e. The molecule has 6 heteroatoms. The molecule has 1 aromatic heterocycles. The molecule has 0 aliphatic carbocycles. The Hall–Kier alpha value is -0.620. The summed E-state index contributed by atoms with van der Waals surface area (Å²) in [5.41, 5.74) is 0.346. The first kappa shape index (κ1) is 13.4. The van der Waals surface area contributed by atoms with Crippen LogP contribution in [0.2, 0.25) is 0 Å². The lowest BCUT2D eigenvalue weighted by atomic mass is 10.3. The average molecular weight is 307 g/mol. The van der Waals surface area contributed by atoms with Crippen LogP contribution in [0.15, 0.2) is 21.0 Å². The lowest BCUT2D eigenvalue weighted by Gasteiger charge is -2.12. The topological polar surface area (TPSA) is 42.3 Å². The number of hydrogen-bond donors (Lipinski definition) is 0. The molecule has 1 aromatic rings. The second-order valence-corrected chi connectivity index (χ2v) is 6.89. The summed E-state index contributed by atoms with van der Waals surface area (Å²) in [5.74, 6) is -0.606. The van der Waals surface area contributed by atoms with Crippen molar-refractivity contribution in [1.29, 1.82) is 0 Å². The van der Waals surface area contributed by atoms with E-state index < -0.39 is 21.7 Å². The van der Waals surface area contributed by atoms with Gasteiger partial charge in [-0.2, -0.15) is 8.79 Å². The summed E-state index contributed by atoms with van der Waals surface area (Å²) in [5, 5.41) is 0. The van der Waals surface area contributed by atoms with Gasteiger partial charge in [0.1, 0.15) is 11.0 Å². The van der Waals surface area contributed by atoms with Crippen molar-refractivity contribution in [2.45, 2.75) is 25.5 Å². The van der Waals surface area contributed by atoms with Gasteiger partial charge >= 0.3 is 0 Å². The van der Waals surface area contributed by atoms with Crippen LogP contribution in [-0.2, 0) is 11.0 Å². The van der Waals surface area contributed by atoms with Gasteiger partial charge in [-0.1, -0.05) is 0 Å². The normalized spacial score (nSPS) is 14.3. The first-order valence-corrected chi connectivity index (χ1v) is 6.49. The highest BCUT2D eigenvalue weighted by molar-refractivity contribution is 9.10. The smallest absolute Gasteiger partial charge is 0.227 e. The van der Waals surface area contributed by atoms with E-state index in [1.165, 1.54) is 12.3 Å². The molecule has 0 aromatic carbocycles. The predicted octanol–water partition coefficient (Wildman–Crippen LogP) is 2.86. The van der Waals surface area contributed by atoms with Crippen molar-refractivity contribution < 1.29 is 8.60 Å². The number of nitrogens with zero attached hydrogens (tertiary/aromatic N) is 2. The van der Waals surface area contributed by atoms with Crippen molar-refractivity contribution in [3.8, 4) is 0 Å². The van der Waals surface area contributed by atoms with Crippen molar-refractivity contribution in [2.24, 2.45) is 4.40 Å². The molecule has 1 rings (SSSR count). The Balaban J connectivity index is 2.85. The molecule has 0 saturated carbocycles. The quantitative estimate of drug-likeness (QED) is 0.623. The first-order valence-electron chi connectivity index (χ1n) is 4.59. The molecule has 1 atom stereocenters. The van der Waals surface area contributed by atoms with E-state index >= 15 is 0 Å². The van der Waals surface area contributed by atoms with Crippen molar-refractivity contribution in [3.05, 3.63) is 28.2 Å². The Morgan fingerprint density at radius 3 is 2.62 bits per heavy atom. The van der Waals surface area contributed by atoms with Gasteiger partial charge in [-0.3, -0.25) is 0 Å². The largest absolute Gasteiger partial charge is 0.234 e. The molecule has 16 heavy (non-hydrogen) atoms. The Bertz CT molecular complexity index is 443. The molecule has 0 N–H and O–H groups in total. The van der Waals surface area contributed by atoms with Crippen molar-refractivity contribution >= 4 is 33.1 Å². The fraction of sp³-hybridized carbons (Fsp3) is 0.400. The summed E-state index contributed by atoms with van der Waals surface area (Å²) >= 11 is 3.00. The van der Waals surface area contributed by atoms with Crippen LogP contribution < -0.4 is 0 Å². The second kappa shape index (κ2) is 5.14. The highest BCUT2D eigenvalue weighted by atomic mass is 79.9. The minimum absolute atomic E-state index is 0.293. The Kier molecular flexibility index (Phi) is 4.32. The van der Waals surface area contributed by atoms with Crippen LogP contribution in [-0.4, -0.2) is 20.2 Å². The van der Waals surface area contributed by atoms with Gasteiger partial charge in [-0.05, 0) is 48.8 Å². The zero-order chi connectivity index (χ0) is 12.3. The Labute approximate surface area is 105 Å². The molecule has 0 spiro atoms. The van der Waals surface area contributed by atoms with Gasteiger partial charge in [-0.15, -0.1) is 0 Å². The summed E-state index contributed by atoms with van der Waals surface area (Å²) in [4.78, 5) is 3.63. The van der Waals surface area contributed by atoms with Gasteiger partial charge < -0.3 is 0 Å². The van der Waals surface area contributed by atoms with E-state index in [9.17, 15) is 8.60 Å². The van der Waals surface area contributed by atoms with E-state index in [-0.39, 0.29) is 0 Å². The third-order valence-corrected chi connectivity index (χ3v) is 3.57. The molecule has 0 aliphatic heterocycles. The predicted molar refractivity (Wildman–Crippen MR) is 67.4 cm³/mol. The number of halogens is 2. The van der Waals surface area contributed by atoms with E-state index in [4.69, 9.17) is 0 Å². The summed E-state index contributed by atoms with van der Waals surface area (Å²) in [7, 11) is -1.35. The highest BCUT2D eigenvalue weighted by Crippen LogP contribution is 2.14. The van der Waals surface area contributed by atoms with Gasteiger partial charge in [0.2, 0.25) is 5.95 Å². The molecule has 0 radical (unpaired) electrons. The maximum atomic E-state index is 13.0. The average Bonchev–Trinajstić information content (AvgIpc) is 2.18. The lowest BCUT2D eigenvalue weighted by Crippen LogP contribution is -2.19. The third-order valence-electron chi connectivity index (χ3n) is 1.63. The second-order valence-electron chi connectivity index (χ2n) is 4.10. The Morgan fingerprint density at radius 2 is 2.12 bits per heavy atom. The van der Waals surface area contributed by atoms with Gasteiger partial charge in [0.05, 0.1) is 21.1 Å². The molecule has 0 saturated heterocycles. The van der Waals surface area contributed by atoms with Crippen LogP contribution in [0.4, 0.5) is 4.39 Å². The zero-order valence-electron chi connectivity index (χ0n) is 9.20. The fourth-order valence-electron chi connectivity index (χ4n) is 0.763. The maximum absolute atomic E-state index is 13.0. The van der Waals surface area contributed by atoms with Crippen molar-refractivity contribution in [3.63, 3.8) is 0 Å². The molecular weight excluding hydrogens is 295 g/mol. The number of hydrogen-bond acceptors (Lipinski definition) is 2. The summed E-state index contributed by atoms with van der Waals surface area (Å²) in [6, 6.07) is 3.13. The van der Waals surface area contributed by atoms with Gasteiger partial charge in [0, 0.05) is 0 Å². The lowest BCUT2D eigenvalue weighted by molar-refractivity contribution is 0.576. The zero-order valence-corrected chi connectivity index (χ0v) is 11.6. The van der Waals surface area contributed by atoms with E-state index in [0.29, 0.717) is 10.2 Å². The van der Waals surface area contributed by atoms with E-state index in [1.807, 2.05) is 20.8 Å². The Morgan fingerprint density at radius 1 is 1.50 bits per heavy atom. The molecular formula is C10H12BrFN2OS. The number of rotatable bonds is 2. The monoisotopic (exact) mass is 306 g/mol. The van der Waals surface area contributed by atoms with E-state index in [2.05, 4.69) is 25.3 Å². The van der Waals surface area contributed by atoms with Crippen molar-refractivity contribution in [2.75, 3.05) is 0 Å². The molecule has 0 aliphatic rings. The summed E-state index contributed by atoms with van der Waals surface area (Å²) in [6.07, 6.45) is 1.32. The number of pyridine rings is 1. The molecule has 1 unspecified atom stereocenters. The van der Waals surface area contributed by atoms with Gasteiger partial charge in [0.25, 0.3) is 0 Å². The van der Waals surface area contributed by atoms with Crippen LogP contribution >= 0.6 is 15.9 Å². The molecule has 0 amide bonds. The van der Waals surface area contributed by atoms with Crippen molar-refractivity contribution in [1.82, 2.24) is 4.98 Å². The number of aromatic nitrogens is 1. The molecule has 0 fully saturated rings. The summed E-state index contributed by atoms with van der Waals surface area (Å²) < 4.78 is 28.3.